The Morgan fingerprint density at radius 2 is 1.72 bits per heavy atom. The van der Waals surface area contributed by atoms with E-state index in [1.54, 1.807) is 0 Å². The predicted molar refractivity (Wildman–Crippen MR) is 75.5 cm³/mol. The smallest absolute Gasteiger partial charge is 0.0131 e. The zero-order chi connectivity index (χ0) is 12.8. The fraction of sp³-hybridized carbons (Fsp3) is 1.00. The highest BCUT2D eigenvalue weighted by molar-refractivity contribution is 4.96. The van der Waals surface area contributed by atoms with Crippen LogP contribution in [0.25, 0.3) is 0 Å². The van der Waals surface area contributed by atoms with E-state index in [-0.39, 0.29) is 0 Å². The molecule has 2 saturated carbocycles. The van der Waals surface area contributed by atoms with Crippen molar-refractivity contribution >= 4 is 0 Å². The molecule has 3 aliphatic rings. The average Bonchev–Trinajstić information content (AvgIpc) is 3.15. The monoisotopic (exact) mass is 251 g/mol. The van der Waals surface area contributed by atoms with Crippen LogP contribution in [0.2, 0.25) is 0 Å². The van der Waals surface area contributed by atoms with Crippen molar-refractivity contribution in [3.63, 3.8) is 0 Å². The van der Waals surface area contributed by atoms with E-state index in [1.807, 2.05) is 0 Å². The molecule has 0 aromatic heterocycles. The first-order valence-electron chi connectivity index (χ1n) is 7.78. The highest BCUT2D eigenvalue weighted by atomic mass is 15.3. The average molecular weight is 251 g/mol. The van der Waals surface area contributed by atoms with Crippen LogP contribution >= 0.6 is 0 Å². The first kappa shape index (κ1) is 12.9. The molecule has 3 fully saturated rings. The van der Waals surface area contributed by atoms with Crippen molar-refractivity contribution in [1.82, 2.24) is 9.80 Å². The number of hydrogen-bond acceptors (Lipinski definition) is 3. The molecule has 1 heterocycles. The summed E-state index contributed by atoms with van der Waals surface area (Å²) < 4.78 is 0. The van der Waals surface area contributed by atoms with Gasteiger partial charge in [0.2, 0.25) is 0 Å². The van der Waals surface area contributed by atoms with Gasteiger partial charge in [-0.05, 0) is 37.0 Å². The van der Waals surface area contributed by atoms with Gasteiger partial charge in [0, 0.05) is 44.8 Å². The molecule has 0 aromatic carbocycles. The minimum atomic E-state index is 0.362. The van der Waals surface area contributed by atoms with Gasteiger partial charge < -0.3 is 10.6 Å². The maximum Gasteiger partial charge on any atom is 0.0131 e. The summed E-state index contributed by atoms with van der Waals surface area (Å²) in [7, 11) is 0. The first-order chi connectivity index (χ1) is 8.56. The van der Waals surface area contributed by atoms with Crippen molar-refractivity contribution in [2.75, 3.05) is 32.7 Å². The topological polar surface area (TPSA) is 32.5 Å². The van der Waals surface area contributed by atoms with Crippen molar-refractivity contribution in [1.29, 1.82) is 0 Å². The van der Waals surface area contributed by atoms with Gasteiger partial charge in [0.05, 0.1) is 0 Å². The molecule has 3 nitrogen and oxygen atoms in total. The van der Waals surface area contributed by atoms with Crippen LogP contribution in [0.1, 0.15) is 39.5 Å². The van der Waals surface area contributed by atoms with Gasteiger partial charge in [0.1, 0.15) is 0 Å². The van der Waals surface area contributed by atoms with Crippen molar-refractivity contribution in [3.05, 3.63) is 0 Å². The van der Waals surface area contributed by atoms with Crippen LogP contribution in [0.5, 0.6) is 0 Å². The molecule has 3 heteroatoms. The summed E-state index contributed by atoms with van der Waals surface area (Å²) in [5.41, 5.74) is 6.78. The molecule has 104 valence electrons. The third kappa shape index (κ3) is 2.59. The molecular weight excluding hydrogens is 222 g/mol. The van der Waals surface area contributed by atoms with Crippen LogP contribution < -0.4 is 5.73 Å². The van der Waals surface area contributed by atoms with Crippen LogP contribution in [-0.4, -0.2) is 54.6 Å². The summed E-state index contributed by atoms with van der Waals surface area (Å²) in [5, 5.41) is 0. The van der Waals surface area contributed by atoms with E-state index in [4.69, 9.17) is 5.73 Å². The molecular formula is C15H29N3. The normalized spacial score (nSPS) is 38.2. The minimum Gasteiger partial charge on any atom is -0.327 e. The maximum absolute atomic E-state index is 6.42. The van der Waals surface area contributed by atoms with Gasteiger partial charge in [-0.25, -0.2) is 0 Å². The lowest BCUT2D eigenvalue weighted by Gasteiger charge is -2.37. The Bertz CT molecular complexity index is 290. The molecule has 2 unspecified atom stereocenters. The highest BCUT2D eigenvalue weighted by Gasteiger charge is 2.40. The molecule has 2 aliphatic carbocycles. The van der Waals surface area contributed by atoms with E-state index in [0.717, 1.165) is 12.0 Å². The third-order valence-corrected chi connectivity index (χ3v) is 5.53. The molecule has 0 amide bonds. The van der Waals surface area contributed by atoms with E-state index in [9.17, 15) is 0 Å². The van der Waals surface area contributed by atoms with Crippen molar-refractivity contribution in [2.24, 2.45) is 17.1 Å². The van der Waals surface area contributed by atoms with Crippen molar-refractivity contribution in [3.8, 4) is 0 Å². The minimum absolute atomic E-state index is 0.362. The first-order valence-corrected chi connectivity index (χ1v) is 7.78. The summed E-state index contributed by atoms with van der Waals surface area (Å²) >= 11 is 0. The highest BCUT2D eigenvalue weighted by Crippen LogP contribution is 2.40. The van der Waals surface area contributed by atoms with E-state index < -0.39 is 0 Å². The zero-order valence-electron chi connectivity index (χ0n) is 12.1. The largest absolute Gasteiger partial charge is 0.327 e. The number of nitrogens with zero attached hydrogens (tertiary/aromatic N) is 2. The van der Waals surface area contributed by atoms with Crippen LogP contribution in [0, 0.1) is 11.3 Å². The van der Waals surface area contributed by atoms with E-state index in [1.165, 1.54) is 58.4 Å². The second kappa shape index (κ2) is 4.77. The predicted octanol–water partition coefficient (Wildman–Crippen LogP) is 1.53. The molecule has 1 aliphatic heterocycles. The second-order valence-electron chi connectivity index (χ2n) is 7.38. The van der Waals surface area contributed by atoms with Gasteiger partial charge in [-0.3, -0.25) is 4.90 Å². The molecule has 0 spiro atoms. The lowest BCUT2D eigenvalue weighted by atomic mass is 9.85. The fourth-order valence-electron chi connectivity index (χ4n) is 3.83. The zero-order valence-corrected chi connectivity index (χ0v) is 12.1. The van der Waals surface area contributed by atoms with Crippen molar-refractivity contribution in [2.45, 2.75) is 51.6 Å². The molecule has 1 saturated heterocycles. The fourth-order valence-corrected chi connectivity index (χ4v) is 3.83. The maximum atomic E-state index is 6.42. The van der Waals surface area contributed by atoms with E-state index in [0.29, 0.717) is 11.5 Å². The summed E-state index contributed by atoms with van der Waals surface area (Å²) in [6.07, 6.45) is 5.53. The number of nitrogens with two attached hydrogens (primary N) is 1. The molecule has 3 rings (SSSR count). The Labute approximate surface area is 112 Å². The van der Waals surface area contributed by atoms with Crippen LogP contribution in [-0.2, 0) is 0 Å². The van der Waals surface area contributed by atoms with Gasteiger partial charge in [0.15, 0.2) is 0 Å². The summed E-state index contributed by atoms with van der Waals surface area (Å²) in [6, 6.07) is 1.35. The van der Waals surface area contributed by atoms with Crippen LogP contribution in [0.15, 0.2) is 0 Å². The standard InChI is InChI=1S/C15H29N3/c1-15(2)6-5-12(14(15)16)11-17-7-9-18(10-8-17)13-3-4-13/h12-14H,3-11,16H2,1-2H3. The summed E-state index contributed by atoms with van der Waals surface area (Å²) in [6.45, 7) is 11.0. The molecule has 0 radical (unpaired) electrons. The van der Waals surface area contributed by atoms with E-state index in [2.05, 4.69) is 23.6 Å². The Morgan fingerprint density at radius 1 is 1.06 bits per heavy atom. The molecule has 2 atom stereocenters. The molecule has 2 N–H and O–H groups in total. The van der Waals surface area contributed by atoms with Crippen LogP contribution in [0.3, 0.4) is 0 Å². The van der Waals surface area contributed by atoms with Gasteiger partial charge in [-0.15, -0.1) is 0 Å². The van der Waals surface area contributed by atoms with Gasteiger partial charge in [-0.1, -0.05) is 13.8 Å². The lowest BCUT2D eigenvalue weighted by Crippen LogP contribution is -2.50. The molecule has 18 heavy (non-hydrogen) atoms. The van der Waals surface area contributed by atoms with Gasteiger partial charge in [0.25, 0.3) is 0 Å². The van der Waals surface area contributed by atoms with Crippen molar-refractivity contribution < 1.29 is 0 Å². The summed E-state index contributed by atoms with van der Waals surface area (Å²) in [5.74, 6) is 0.729. The Hall–Kier alpha value is -0.120. The number of piperazine rings is 1. The van der Waals surface area contributed by atoms with Crippen LogP contribution in [0.4, 0.5) is 0 Å². The van der Waals surface area contributed by atoms with Gasteiger partial charge >= 0.3 is 0 Å². The Kier molecular flexibility index (Phi) is 3.41. The Balaban J connectivity index is 1.46. The van der Waals surface area contributed by atoms with Gasteiger partial charge in [-0.2, -0.15) is 0 Å². The lowest BCUT2D eigenvalue weighted by molar-refractivity contribution is 0.107. The quantitative estimate of drug-likeness (QED) is 0.825. The number of rotatable bonds is 3. The number of hydrogen-bond donors (Lipinski definition) is 1. The van der Waals surface area contributed by atoms with E-state index >= 15 is 0 Å². The molecule has 0 aromatic rings. The summed E-state index contributed by atoms with van der Waals surface area (Å²) in [4.78, 5) is 5.35. The second-order valence-corrected chi connectivity index (χ2v) is 7.38. The SMILES string of the molecule is CC1(C)CCC(CN2CCN(C3CC3)CC2)C1N. The third-order valence-electron chi connectivity index (χ3n) is 5.53. The Morgan fingerprint density at radius 3 is 2.22 bits per heavy atom. The molecule has 0 bridgehead atoms.